The number of carbonyl (C=O) groups excluding carboxylic acids is 1. The van der Waals surface area contributed by atoms with Crippen LogP contribution in [0.25, 0.3) is 16.6 Å². The molecule has 1 heterocycles. The summed E-state index contributed by atoms with van der Waals surface area (Å²) < 4.78 is 15.8. The molecule has 0 fully saturated rings. The van der Waals surface area contributed by atoms with Crippen molar-refractivity contribution in [3.05, 3.63) is 64.7 Å². The third-order valence-electron chi connectivity index (χ3n) is 4.48. The van der Waals surface area contributed by atoms with Gasteiger partial charge in [-0.05, 0) is 37.1 Å². The van der Waals surface area contributed by atoms with Crippen molar-refractivity contribution in [2.45, 2.75) is 43.5 Å². The molecule has 1 N–H and O–H groups in total. The molecule has 1 aromatic heterocycles. The lowest BCUT2D eigenvalue weighted by atomic mass is 10.2. The summed E-state index contributed by atoms with van der Waals surface area (Å²) in [6, 6.07) is 13.1. The molecule has 2 aromatic carbocycles. The predicted molar refractivity (Wildman–Crippen MR) is 115 cm³/mol. The number of amides is 1. The topological polar surface area (TPSA) is 64.0 Å². The van der Waals surface area contributed by atoms with E-state index in [-0.39, 0.29) is 17.2 Å². The smallest absolute Gasteiger partial charge is 0.266 e. The Morgan fingerprint density at radius 2 is 1.86 bits per heavy atom. The van der Waals surface area contributed by atoms with Gasteiger partial charge in [-0.15, -0.1) is 0 Å². The minimum atomic E-state index is -0.518. The largest absolute Gasteiger partial charge is 0.355 e. The highest BCUT2D eigenvalue weighted by Crippen LogP contribution is 2.28. The molecule has 7 heteroatoms. The molecule has 1 atom stereocenters. The molecular weight excluding hydrogens is 389 g/mol. The van der Waals surface area contributed by atoms with Crippen molar-refractivity contribution < 1.29 is 9.18 Å². The van der Waals surface area contributed by atoms with Crippen molar-refractivity contribution >= 4 is 28.6 Å². The van der Waals surface area contributed by atoms with Crippen LogP contribution in [0.2, 0.25) is 0 Å². The van der Waals surface area contributed by atoms with E-state index in [1.165, 1.54) is 22.4 Å². The molecule has 3 rings (SSSR count). The maximum atomic E-state index is 14.6. The quantitative estimate of drug-likeness (QED) is 0.441. The molecule has 29 heavy (non-hydrogen) atoms. The summed E-state index contributed by atoms with van der Waals surface area (Å²) in [7, 11) is 0. The minimum absolute atomic E-state index is 0.0961. The fourth-order valence-corrected chi connectivity index (χ4v) is 4.27. The maximum Gasteiger partial charge on any atom is 0.266 e. The maximum absolute atomic E-state index is 14.6. The van der Waals surface area contributed by atoms with Gasteiger partial charge in [-0.25, -0.2) is 9.37 Å². The summed E-state index contributed by atoms with van der Waals surface area (Å²) in [4.78, 5) is 30.5. The van der Waals surface area contributed by atoms with Gasteiger partial charge in [0, 0.05) is 6.54 Å². The summed E-state index contributed by atoms with van der Waals surface area (Å²) in [6.07, 6.45) is 2.26. The Kier molecular flexibility index (Phi) is 7.04. The first-order valence-corrected chi connectivity index (χ1v) is 10.7. The Morgan fingerprint density at radius 1 is 1.14 bits per heavy atom. The molecule has 1 unspecified atom stereocenters. The summed E-state index contributed by atoms with van der Waals surface area (Å²) in [5, 5.41) is 3.21. The van der Waals surface area contributed by atoms with Gasteiger partial charge >= 0.3 is 0 Å². The van der Waals surface area contributed by atoms with Crippen LogP contribution in [0.15, 0.2) is 58.5 Å². The van der Waals surface area contributed by atoms with Crippen LogP contribution in [-0.4, -0.2) is 27.3 Å². The number of nitrogens with one attached hydrogen (secondary N) is 1. The highest BCUT2D eigenvalue weighted by Gasteiger charge is 2.23. The van der Waals surface area contributed by atoms with Crippen LogP contribution >= 0.6 is 11.8 Å². The van der Waals surface area contributed by atoms with Crippen LogP contribution in [0.3, 0.4) is 0 Å². The Morgan fingerprint density at radius 3 is 2.59 bits per heavy atom. The van der Waals surface area contributed by atoms with Gasteiger partial charge in [0.05, 0.1) is 21.8 Å². The van der Waals surface area contributed by atoms with Gasteiger partial charge in [0.2, 0.25) is 5.91 Å². The molecule has 0 saturated carbocycles. The second-order valence-electron chi connectivity index (χ2n) is 6.69. The summed E-state index contributed by atoms with van der Waals surface area (Å²) >= 11 is 1.20. The normalized spacial score (nSPS) is 12.1. The van der Waals surface area contributed by atoms with Crippen molar-refractivity contribution in [1.82, 2.24) is 14.9 Å². The second-order valence-corrected chi connectivity index (χ2v) is 7.86. The van der Waals surface area contributed by atoms with Crippen LogP contribution < -0.4 is 10.9 Å². The SMILES string of the molecule is CCCNC(=O)C(CCC)Sc1nc2ccccc2c(=O)n1-c1ccccc1F. The van der Waals surface area contributed by atoms with E-state index in [1.807, 2.05) is 13.8 Å². The van der Waals surface area contributed by atoms with Crippen LogP contribution in [-0.2, 0) is 4.79 Å². The highest BCUT2D eigenvalue weighted by atomic mass is 32.2. The van der Waals surface area contributed by atoms with Crippen molar-refractivity contribution in [3.63, 3.8) is 0 Å². The molecular formula is C22H24FN3O2S. The second kappa shape index (κ2) is 9.69. The zero-order chi connectivity index (χ0) is 20.8. The van der Waals surface area contributed by atoms with Gasteiger partial charge in [-0.3, -0.25) is 14.2 Å². The fourth-order valence-electron chi connectivity index (χ4n) is 3.03. The number of fused-ring (bicyclic) bond motifs is 1. The van der Waals surface area contributed by atoms with Gasteiger partial charge in [0.1, 0.15) is 5.82 Å². The van der Waals surface area contributed by atoms with Crippen LogP contribution in [0.4, 0.5) is 4.39 Å². The lowest BCUT2D eigenvalue weighted by Crippen LogP contribution is -2.34. The zero-order valence-electron chi connectivity index (χ0n) is 16.5. The number of halogens is 1. The van der Waals surface area contributed by atoms with E-state index in [4.69, 9.17) is 0 Å². The fraction of sp³-hybridized carbons (Fsp3) is 0.318. The monoisotopic (exact) mass is 413 g/mol. The van der Waals surface area contributed by atoms with Crippen molar-refractivity contribution in [1.29, 1.82) is 0 Å². The molecule has 0 saturated heterocycles. The Hall–Kier alpha value is -2.67. The van der Waals surface area contributed by atoms with Gasteiger partial charge in [-0.1, -0.05) is 56.3 Å². The lowest BCUT2D eigenvalue weighted by Gasteiger charge is -2.19. The Balaban J connectivity index is 2.15. The summed E-state index contributed by atoms with van der Waals surface area (Å²) in [5.74, 6) is -0.614. The number of thioether (sulfide) groups is 1. The van der Waals surface area contributed by atoms with E-state index in [1.54, 1.807) is 42.5 Å². The molecule has 152 valence electrons. The summed E-state index contributed by atoms with van der Waals surface area (Å²) in [6.45, 7) is 4.58. The zero-order valence-corrected chi connectivity index (χ0v) is 17.3. The number of rotatable bonds is 8. The van der Waals surface area contributed by atoms with Gasteiger partial charge in [-0.2, -0.15) is 0 Å². The molecule has 0 spiro atoms. The molecule has 0 aliphatic heterocycles. The molecule has 1 amide bonds. The average Bonchev–Trinajstić information content (AvgIpc) is 2.73. The van der Waals surface area contributed by atoms with E-state index < -0.39 is 11.1 Å². The lowest BCUT2D eigenvalue weighted by molar-refractivity contribution is -0.120. The van der Waals surface area contributed by atoms with Crippen LogP contribution in [0, 0.1) is 5.82 Å². The molecule has 0 aliphatic rings. The number of carbonyl (C=O) groups is 1. The minimum Gasteiger partial charge on any atom is -0.355 e. The average molecular weight is 414 g/mol. The van der Waals surface area contributed by atoms with Gasteiger partial charge < -0.3 is 5.32 Å². The first kappa shape index (κ1) is 21.0. The third kappa shape index (κ3) is 4.67. The molecule has 0 bridgehead atoms. The number of aromatic nitrogens is 2. The number of benzene rings is 2. The molecule has 0 aliphatic carbocycles. The Bertz CT molecular complexity index is 1070. The molecule has 5 nitrogen and oxygen atoms in total. The van der Waals surface area contributed by atoms with E-state index in [0.717, 1.165) is 12.8 Å². The van der Waals surface area contributed by atoms with Crippen molar-refractivity contribution in [2.24, 2.45) is 0 Å². The Labute approximate surface area is 173 Å². The summed E-state index contributed by atoms with van der Waals surface area (Å²) in [5.41, 5.74) is 0.298. The third-order valence-corrected chi connectivity index (χ3v) is 5.70. The first-order valence-electron chi connectivity index (χ1n) is 9.77. The van der Waals surface area contributed by atoms with Gasteiger partial charge in [0.25, 0.3) is 5.56 Å². The van der Waals surface area contributed by atoms with Crippen molar-refractivity contribution in [2.75, 3.05) is 6.54 Å². The van der Waals surface area contributed by atoms with Crippen LogP contribution in [0.5, 0.6) is 0 Å². The number of para-hydroxylation sites is 2. The number of hydrogen-bond acceptors (Lipinski definition) is 4. The predicted octanol–water partition coefficient (Wildman–Crippen LogP) is 4.31. The van der Waals surface area contributed by atoms with Crippen LogP contribution in [0.1, 0.15) is 33.1 Å². The molecule has 0 radical (unpaired) electrons. The van der Waals surface area contributed by atoms with E-state index in [9.17, 15) is 14.0 Å². The first-order chi connectivity index (χ1) is 14.1. The highest BCUT2D eigenvalue weighted by molar-refractivity contribution is 8.00. The number of nitrogens with zero attached hydrogens (tertiary/aromatic N) is 2. The van der Waals surface area contributed by atoms with Crippen molar-refractivity contribution in [3.8, 4) is 5.69 Å². The van der Waals surface area contributed by atoms with Gasteiger partial charge in [0.15, 0.2) is 5.16 Å². The van der Waals surface area contributed by atoms with E-state index >= 15 is 0 Å². The van der Waals surface area contributed by atoms with E-state index in [0.29, 0.717) is 29.0 Å². The molecule has 3 aromatic rings. The number of hydrogen-bond donors (Lipinski definition) is 1. The standard InChI is InChI=1S/C22H24FN3O2S/c1-3-9-19(20(27)24-14-4-2)29-22-25-17-12-7-5-10-15(17)21(28)26(22)18-13-8-6-11-16(18)23/h5-8,10-13,19H,3-4,9,14H2,1-2H3,(H,24,27). The van der Waals surface area contributed by atoms with E-state index in [2.05, 4.69) is 10.3 Å².